The molecule has 0 spiro atoms. The molecule has 2 N–H and O–H groups in total. The van der Waals surface area contributed by atoms with Crippen LogP contribution in [-0.4, -0.2) is 33.1 Å². The summed E-state index contributed by atoms with van der Waals surface area (Å²) in [6, 6.07) is 3.93. The minimum absolute atomic E-state index is 0.0439. The summed E-state index contributed by atoms with van der Waals surface area (Å²) in [4.78, 5) is 28.0. The van der Waals surface area contributed by atoms with Gasteiger partial charge in [0.05, 0.1) is 11.8 Å². The lowest BCUT2D eigenvalue weighted by Gasteiger charge is -2.45. The molecule has 1 aliphatic rings. The van der Waals surface area contributed by atoms with Gasteiger partial charge >= 0.3 is 5.97 Å². The predicted molar refractivity (Wildman–Crippen MR) is 90.4 cm³/mol. The van der Waals surface area contributed by atoms with Crippen molar-refractivity contribution >= 4 is 22.9 Å². The molecule has 0 saturated heterocycles. The minimum Gasteiger partial charge on any atom is -0.481 e. The average Bonchev–Trinajstić information content (AvgIpc) is 2.87. The monoisotopic (exact) mass is 329 g/mol. The van der Waals surface area contributed by atoms with Gasteiger partial charge in [0.1, 0.15) is 5.65 Å². The Bertz CT molecular complexity index is 783. The van der Waals surface area contributed by atoms with Crippen LogP contribution in [0.5, 0.6) is 0 Å². The molecule has 0 aliphatic heterocycles. The third kappa shape index (κ3) is 2.66. The third-order valence-corrected chi connectivity index (χ3v) is 5.45. The van der Waals surface area contributed by atoms with Crippen LogP contribution in [-0.2, 0) is 23.1 Å². The number of carbonyl (C=O) groups excluding carboxylic acids is 1. The maximum Gasteiger partial charge on any atom is 0.307 e. The van der Waals surface area contributed by atoms with Crippen molar-refractivity contribution in [3.8, 4) is 0 Å². The van der Waals surface area contributed by atoms with Crippen molar-refractivity contribution < 1.29 is 14.7 Å². The highest BCUT2D eigenvalue weighted by molar-refractivity contribution is 5.87. The molecule has 6 heteroatoms. The lowest BCUT2D eigenvalue weighted by Crippen LogP contribution is -2.55. The molecule has 128 valence electrons. The third-order valence-electron chi connectivity index (χ3n) is 5.45. The van der Waals surface area contributed by atoms with Crippen molar-refractivity contribution in [2.24, 2.45) is 30.7 Å². The zero-order chi connectivity index (χ0) is 17.4. The molecule has 24 heavy (non-hydrogen) atoms. The number of pyridine rings is 1. The van der Waals surface area contributed by atoms with Gasteiger partial charge in [-0.1, -0.05) is 13.8 Å². The van der Waals surface area contributed by atoms with Crippen LogP contribution in [0.3, 0.4) is 0 Å². The summed E-state index contributed by atoms with van der Waals surface area (Å²) in [5.41, 5.74) is 2.05. The largest absolute Gasteiger partial charge is 0.481 e. The molecule has 1 aliphatic carbocycles. The Balaban J connectivity index is 1.62. The molecule has 6 nitrogen and oxygen atoms in total. The summed E-state index contributed by atoms with van der Waals surface area (Å²) < 4.78 is 1.97. The fourth-order valence-corrected chi connectivity index (χ4v) is 3.87. The fourth-order valence-electron chi connectivity index (χ4n) is 3.87. The van der Waals surface area contributed by atoms with E-state index in [1.165, 1.54) is 0 Å². The van der Waals surface area contributed by atoms with Crippen LogP contribution >= 0.6 is 0 Å². The van der Waals surface area contributed by atoms with Crippen LogP contribution in [0.25, 0.3) is 11.0 Å². The molecule has 0 radical (unpaired) electrons. The molecule has 0 aromatic carbocycles. The van der Waals surface area contributed by atoms with Gasteiger partial charge in [-0.05, 0) is 36.0 Å². The topological polar surface area (TPSA) is 84.2 Å². The summed E-state index contributed by atoms with van der Waals surface area (Å²) in [6.45, 7) is 4.35. The second-order valence-corrected chi connectivity index (χ2v) is 6.79. The summed E-state index contributed by atoms with van der Waals surface area (Å²) in [5.74, 6) is -1.86. The molecule has 1 saturated carbocycles. The number of hydrogen-bond acceptors (Lipinski definition) is 3. The SMILES string of the molecule is CC1C(C)[C@H](C(=O)NCCc2cn(C)c3ncccc23)[C@@H]1C(=O)O. The number of carbonyl (C=O) groups is 2. The predicted octanol–water partition coefficient (Wildman–Crippen LogP) is 1.83. The van der Waals surface area contributed by atoms with Gasteiger partial charge in [-0.15, -0.1) is 0 Å². The van der Waals surface area contributed by atoms with Gasteiger partial charge in [0.25, 0.3) is 0 Å². The lowest BCUT2D eigenvalue weighted by molar-refractivity contribution is -0.163. The number of aryl methyl sites for hydroxylation is 1. The van der Waals surface area contributed by atoms with Crippen molar-refractivity contribution in [3.63, 3.8) is 0 Å². The average molecular weight is 329 g/mol. The van der Waals surface area contributed by atoms with Crippen LogP contribution < -0.4 is 5.32 Å². The van der Waals surface area contributed by atoms with Gasteiger partial charge in [0.15, 0.2) is 0 Å². The highest BCUT2D eigenvalue weighted by atomic mass is 16.4. The van der Waals surface area contributed by atoms with E-state index in [1.807, 2.05) is 43.8 Å². The first-order chi connectivity index (χ1) is 11.4. The number of carboxylic acids is 1. The molecule has 2 aromatic heterocycles. The number of nitrogens with one attached hydrogen (secondary N) is 1. The number of aromatic nitrogens is 2. The maximum atomic E-state index is 12.4. The van der Waals surface area contributed by atoms with Crippen LogP contribution in [0.15, 0.2) is 24.5 Å². The van der Waals surface area contributed by atoms with Crippen molar-refractivity contribution in [2.45, 2.75) is 20.3 Å². The fraction of sp³-hybridized carbons (Fsp3) is 0.500. The number of aliphatic carboxylic acids is 1. The van der Waals surface area contributed by atoms with Crippen molar-refractivity contribution in [3.05, 3.63) is 30.1 Å². The summed E-state index contributed by atoms with van der Waals surface area (Å²) in [5, 5.41) is 13.3. The molecule has 2 aromatic rings. The zero-order valence-corrected chi connectivity index (χ0v) is 14.2. The second kappa shape index (κ2) is 6.26. The van der Waals surface area contributed by atoms with Gasteiger partial charge in [-0.2, -0.15) is 0 Å². The van der Waals surface area contributed by atoms with Crippen LogP contribution in [0, 0.1) is 23.7 Å². The molecule has 0 bridgehead atoms. The molecular formula is C18H23N3O3. The molecule has 2 heterocycles. The van der Waals surface area contributed by atoms with Gasteiger partial charge in [-0.25, -0.2) is 4.98 Å². The van der Waals surface area contributed by atoms with Crippen LogP contribution in [0.4, 0.5) is 0 Å². The first kappa shape index (κ1) is 16.5. The van der Waals surface area contributed by atoms with E-state index < -0.39 is 17.8 Å². The molecular weight excluding hydrogens is 306 g/mol. The van der Waals surface area contributed by atoms with E-state index in [9.17, 15) is 14.7 Å². The van der Waals surface area contributed by atoms with Gasteiger partial charge in [0.2, 0.25) is 5.91 Å². The van der Waals surface area contributed by atoms with Crippen LogP contribution in [0.1, 0.15) is 19.4 Å². The normalized spacial score (nSPS) is 26.1. The number of rotatable bonds is 5. The molecule has 1 amide bonds. The van der Waals surface area contributed by atoms with E-state index in [2.05, 4.69) is 10.3 Å². The quantitative estimate of drug-likeness (QED) is 0.876. The summed E-state index contributed by atoms with van der Waals surface area (Å²) in [6.07, 6.45) is 4.49. The Labute approximate surface area is 140 Å². The van der Waals surface area contributed by atoms with Crippen molar-refractivity contribution in [1.82, 2.24) is 14.9 Å². The number of hydrogen-bond donors (Lipinski definition) is 2. The standard InChI is InChI=1S/C18H23N3O3/c1-10-11(2)15(18(23)24)14(10)17(22)20-8-6-12-9-21(3)16-13(12)5-4-7-19-16/h4-5,7,9-11,14-15H,6,8H2,1-3H3,(H,20,22)(H,23,24)/t10?,11?,14-,15+/m0/s1. The van der Waals surface area contributed by atoms with E-state index in [1.54, 1.807) is 6.20 Å². The van der Waals surface area contributed by atoms with E-state index in [-0.39, 0.29) is 17.7 Å². The number of amides is 1. The summed E-state index contributed by atoms with van der Waals surface area (Å²) >= 11 is 0. The second-order valence-electron chi connectivity index (χ2n) is 6.79. The van der Waals surface area contributed by atoms with Gasteiger partial charge < -0.3 is 15.0 Å². The van der Waals surface area contributed by atoms with E-state index >= 15 is 0 Å². The Morgan fingerprint density at radius 2 is 2.00 bits per heavy atom. The van der Waals surface area contributed by atoms with E-state index in [0.29, 0.717) is 13.0 Å². The minimum atomic E-state index is -0.874. The first-order valence-electron chi connectivity index (χ1n) is 8.31. The first-order valence-corrected chi connectivity index (χ1v) is 8.31. The highest BCUT2D eigenvalue weighted by Crippen LogP contribution is 2.45. The maximum absolute atomic E-state index is 12.4. The molecule has 1 fully saturated rings. The van der Waals surface area contributed by atoms with E-state index in [4.69, 9.17) is 0 Å². The van der Waals surface area contributed by atoms with Crippen molar-refractivity contribution in [1.29, 1.82) is 0 Å². The lowest BCUT2D eigenvalue weighted by atomic mass is 9.57. The van der Waals surface area contributed by atoms with Crippen molar-refractivity contribution in [2.75, 3.05) is 6.54 Å². The summed E-state index contributed by atoms with van der Waals surface area (Å²) in [7, 11) is 1.95. The van der Waals surface area contributed by atoms with E-state index in [0.717, 1.165) is 16.6 Å². The number of fused-ring (bicyclic) bond motifs is 1. The Kier molecular flexibility index (Phi) is 4.30. The Hall–Kier alpha value is -2.37. The Morgan fingerprint density at radius 3 is 2.71 bits per heavy atom. The van der Waals surface area contributed by atoms with Gasteiger partial charge in [0, 0.05) is 31.4 Å². The zero-order valence-electron chi connectivity index (χ0n) is 14.2. The van der Waals surface area contributed by atoms with Crippen LogP contribution in [0.2, 0.25) is 0 Å². The number of nitrogens with zero attached hydrogens (tertiary/aromatic N) is 2. The van der Waals surface area contributed by atoms with Gasteiger partial charge in [-0.3, -0.25) is 9.59 Å². The number of carboxylic acid groups (broad SMARTS) is 1. The molecule has 4 atom stereocenters. The highest BCUT2D eigenvalue weighted by Gasteiger charge is 2.52. The molecule has 3 rings (SSSR count). The molecule has 2 unspecified atom stereocenters. The Morgan fingerprint density at radius 1 is 1.29 bits per heavy atom. The smallest absolute Gasteiger partial charge is 0.307 e.